The number of benzene rings is 1. The van der Waals surface area contributed by atoms with Crippen molar-refractivity contribution in [3.63, 3.8) is 0 Å². The Morgan fingerprint density at radius 1 is 1.29 bits per heavy atom. The van der Waals surface area contributed by atoms with Gasteiger partial charge in [0.05, 0.1) is 11.6 Å². The first-order chi connectivity index (χ1) is 11.7. The van der Waals surface area contributed by atoms with Gasteiger partial charge in [-0.2, -0.15) is 5.26 Å². The SMILES string of the molecule is Cc1ccc(C#N)c(N[C@H]2CC(=O)N(CCc3ccccc3)C2)n1. The van der Waals surface area contributed by atoms with Gasteiger partial charge >= 0.3 is 0 Å². The lowest BCUT2D eigenvalue weighted by Gasteiger charge is -2.18. The van der Waals surface area contributed by atoms with E-state index in [0.29, 0.717) is 30.9 Å². The van der Waals surface area contributed by atoms with E-state index >= 15 is 0 Å². The zero-order valence-electron chi connectivity index (χ0n) is 13.7. The Morgan fingerprint density at radius 3 is 2.83 bits per heavy atom. The van der Waals surface area contributed by atoms with Gasteiger partial charge in [-0.05, 0) is 31.0 Å². The Kier molecular flexibility index (Phi) is 4.76. The van der Waals surface area contributed by atoms with E-state index in [9.17, 15) is 10.1 Å². The van der Waals surface area contributed by atoms with Crippen LogP contribution in [0.2, 0.25) is 0 Å². The van der Waals surface area contributed by atoms with Crippen molar-refractivity contribution in [3.8, 4) is 6.07 Å². The van der Waals surface area contributed by atoms with Crippen LogP contribution in [0, 0.1) is 18.3 Å². The molecule has 1 N–H and O–H groups in total. The summed E-state index contributed by atoms with van der Waals surface area (Å²) in [6, 6.07) is 15.9. The number of anilines is 1. The molecule has 5 heteroatoms. The Balaban J connectivity index is 1.61. The number of nitriles is 1. The van der Waals surface area contributed by atoms with Gasteiger partial charge in [0.1, 0.15) is 11.9 Å². The van der Waals surface area contributed by atoms with Crippen LogP contribution >= 0.6 is 0 Å². The Morgan fingerprint density at radius 2 is 2.08 bits per heavy atom. The summed E-state index contributed by atoms with van der Waals surface area (Å²) < 4.78 is 0. The number of carbonyl (C=O) groups is 1. The minimum absolute atomic E-state index is 0.00493. The second-order valence-corrected chi connectivity index (χ2v) is 6.08. The van der Waals surface area contributed by atoms with Crippen molar-refractivity contribution in [1.82, 2.24) is 9.88 Å². The highest BCUT2D eigenvalue weighted by Gasteiger charge is 2.29. The lowest BCUT2D eigenvalue weighted by molar-refractivity contribution is -0.127. The summed E-state index contributed by atoms with van der Waals surface area (Å²) in [5.41, 5.74) is 2.59. The average Bonchev–Trinajstić information content (AvgIpc) is 2.93. The van der Waals surface area contributed by atoms with Gasteiger partial charge in [0, 0.05) is 25.2 Å². The number of aromatic nitrogens is 1. The van der Waals surface area contributed by atoms with Gasteiger partial charge < -0.3 is 10.2 Å². The highest BCUT2D eigenvalue weighted by Crippen LogP contribution is 2.19. The van der Waals surface area contributed by atoms with Gasteiger partial charge in [0.15, 0.2) is 0 Å². The van der Waals surface area contributed by atoms with E-state index < -0.39 is 0 Å². The van der Waals surface area contributed by atoms with Crippen molar-refractivity contribution in [2.75, 3.05) is 18.4 Å². The fraction of sp³-hybridized carbons (Fsp3) is 0.316. The van der Waals surface area contributed by atoms with Crippen LogP contribution in [-0.4, -0.2) is 34.9 Å². The molecule has 1 fully saturated rings. The summed E-state index contributed by atoms with van der Waals surface area (Å²) in [5.74, 6) is 0.717. The maximum atomic E-state index is 12.2. The molecule has 3 rings (SSSR count). The Labute approximate surface area is 141 Å². The van der Waals surface area contributed by atoms with E-state index in [1.807, 2.05) is 36.1 Å². The summed E-state index contributed by atoms with van der Waals surface area (Å²) in [5, 5.41) is 12.5. The molecule has 0 radical (unpaired) electrons. The molecule has 0 saturated carbocycles. The molecule has 0 bridgehead atoms. The molecule has 24 heavy (non-hydrogen) atoms. The molecule has 5 nitrogen and oxygen atoms in total. The van der Waals surface area contributed by atoms with Crippen molar-refractivity contribution in [2.24, 2.45) is 0 Å². The van der Waals surface area contributed by atoms with E-state index in [1.54, 1.807) is 6.07 Å². The minimum Gasteiger partial charge on any atom is -0.364 e. The quantitative estimate of drug-likeness (QED) is 0.919. The predicted octanol–water partition coefficient (Wildman–Crippen LogP) is 2.52. The van der Waals surface area contributed by atoms with Crippen molar-refractivity contribution < 1.29 is 4.79 Å². The van der Waals surface area contributed by atoms with Gasteiger partial charge in [0.25, 0.3) is 0 Å². The second-order valence-electron chi connectivity index (χ2n) is 6.08. The molecule has 1 aromatic carbocycles. The molecule has 1 aliphatic rings. The van der Waals surface area contributed by atoms with Gasteiger partial charge in [-0.15, -0.1) is 0 Å². The normalized spacial score (nSPS) is 16.9. The molecular weight excluding hydrogens is 300 g/mol. The summed E-state index contributed by atoms with van der Waals surface area (Å²) in [6.45, 7) is 3.25. The van der Waals surface area contributed by atoms with Crippen LogP contribution in [0.15, 0.2) is 42.5 Å². The Hall–Kier alpha value is -2.87. The van der Waals surface area contributed by atoms with Crippen LogP contribution in [-0.2, 0) is 11.2 Å². The molecule has 0 unspecified atom stereocenters. The highest BCUT2D eigenvalue weighted by molar-refractivity contribution is 5.80. The number of carbonyl (C=O) groups excluding carboxylic acids is 1. The second kappa shape index (κ2) is 7.14. The van der Waals surface area contributed by atoms with E-state index in [4.69, 9.17) is 0 Å². The zero-order chi connectivity index (χ0) is 16.9. The van der Waals surface area contributed by atoms with Crippen LogP contribution in [0.1, 0.15) is 23.2 Å². The molecule has 1 aliphatic heterocycles. The summed E-state index contributed by atoms with van der Waals surface area (Å²) >= 11 is 0. The number of amides is 1. The molecule has 1 amide bonds. The highest BCUT2D eigenvalue weighted by atomic mass is 16.2. The first-order valence-electron chi connectivity index (χ1n) is 8.11. The van der Waals surface area contributed by atoms with E-state index in [-0.39, 0.29) is 11.9 Å². The van der Waals surface area contributed by atoms with Crippen molar-refractivity contribution in [3.05, 3.63) is 59.3 Å². The third-order valence-corrected chi connectivity index (χ3v) is 4.22. The summed E-state index contributed by atoms with van der Waals surface area (Å²) in [6.07, 6.45) is 1.29. The molecule has 2 heterocycles. The third kappa shape index (κ3) is 3.72. The number of rotatable bonds is 5. The van der Waals surface area contributed by atoms with Crippen molar-refractivity contribution in [1.29, 1.82) is 5.26 Å². The molecular formula is C19H20N4O. The van der Waals surface area contributed by atoms with Gasteiger partial charge in [-0.25, -0.2) is 4.98 Å². The monoisotopic (exact) mass is 320 g/mol. The van der Waals surface area contributed by atoms with Crippen LogP contribution in [0.3, 0.4) is 0 Å². The van der Waals surface area contributed by atoms with Crippen molar-refractivity contribution in [2.45, 2.75) is 25.8 Å². The number of hydrogen-bond donors (Lipinski definition) is 1. The summed E-state index contributed by atoms with van der Waals surface area (Å²) in [7, 11) is 0. The van der Waals surface area contributed by atoms with E-state index in [2.05, 4.69) is 28.5 Å². The first-order valence-corrected chi connectivity index (χ1v) is 8.11. The zero-order valence-corrected chi connectivity index (χ0v) is 13.7. The average molecular weight is 320 g/mol. The maximum Gasteiger partial charge on any atom is 0.224 e. The lowest BCUT2D eigenvalue weighted by Crippen LogP contribution is -2.30. The van der Waals surface area contributed by atoms with Crippen LogP contribution < -0.4 is 5.32 Å². The summed E-state index contributed by atoms with van der Waals surface area (Å²) in [4.78, 5) is 18.5. The van der Waals surface area contributed by atoms with Gasteiger partial charge in [0.2, 0.25) is 5.91 Å². The van der Waals surface area contributed by atoms with E-state index in [0.717, 1.165) is 12.1 Å². The molecule has 122 valence electrons. The Bertz CT molecular complexity index is 767. The number of aryl methyl sites for hydroxylation is 1. The van der Waals surface area contributed by atoms with Crippen LogP contribution in [0.25, 0.3) is 0 Å². The van der Waals surface area contributed by atoms with Crippen molar-refractivity contribution >= 4 is 11.7 Å². The predicted molar refractivity (Wildman–Crippen MR) is 92.4 cm³/mol. The standard InChI is InChI=1S/C19H20N4O/c1-14-7-8-16(12-20)19(21-14)22-17-11-18(24)23(13-17)10-9-15-5-3-2-4-6-15/h2-8,17H,9-11,13H2,1H3,(H,21,22)/t17-/m0/s1. The number of nitrogens with one attached hydrogen (secondary N) is 1. The van der Waals surface area contributed by atoms with E-state index in [1.165, 1.54) is 5.56 Å². The minimum atomic E-state index is -0.00493. The molecule has 2 aromatic rings. The largest absolute Gasteiger partial charge is 0.364 e. The third-order valence-electron chi connectivity index (χ3n) is 4.22. The molecule has 0 spiro atoms. The van der Waals surface area contributed by atoms with Crippen LogP contribution in [0.4, 0.5) is 5.82 Å². The number of nitrogens with zero attached hydrogens (tertiary/aromatic N) is 3. The smallest absolute Gasteiger partial charge is 0.224 e. The molecule has 1 atom stereocenters. The number of likely N-dealkylation sites (tertiary alicyclic amines) is 1. The molecule has 1 saturated heterocycles. The number of hydrogen-bond acceptors (Lipinski definition) is 4. The van der Waals surface area contributed by atoms with Crippen LogP contribution in [0.5, 0.6) is 0 Å². The maximum absolute atomic E-state index is 12.2. The van der Waals surface area contributed by atoms with Gasteiger partial charge in [-0.3, -0.25) is 4.79 Å². The topological polar surface area (TPSA) is 69.0 Å². The molecule has 1 aromatic heterocycles. The first kappa shape index (κ1) is 16.0. The fourth-order valence-electron chi connectivity index (χ4n) is 2.94. The number of pyridine rings is 1. The lowest BCUT2D eigenvalue weighted by atomic mass is 10.1. The molecule has 0 aliphatic carbocycles. The fourth-order valence-corrected chi connectivity index (χ4v) is 2.94. The van der Waals surface area contributed by atoms with Gasteiger partial charge in [-0.1, -0.05) is 30.3 Å².